The Morgan fingerprint density at radius 1 is 1.26 bits per heavy atom. The van der Waals surface area contributed by atoms with Crippen molar-refractivity contribution in [3.8, 4) is 0 Å². The molecule has 146 valence electrons. The lowest BCUT2D eigenvalue weighted by atomic mass is 9.74. The Hall–Kier alpha value is -2.18. The molecule has 1 aliphatic heterocycles. The van der Waals surface area contributed by atoms with E-state index >= 15 is 0 Å². The van der Waals surface area contributed by atoms with E-state index in [-0.39, 0.29) is 48.9 Å². The van der Waals surface area contributed by atoms with Gasteiger partial charge in [-0.05, 0) is 30.9 Å². The number of benzene rings is 1. The molecule has 0 unspecified atom stereocenters. The first-order valence-corrected chi connectivity index (χ1v) is 9.52. The number of carbonyl (C=O) groups excluding carboxylic acids is 2. The van der Waals surface area contributed by atoms with Crippen LogP contribution < -0.4 is 5.32 Å². The highest BCUT2D eigenvalue weighted by Gasteiger charge is 2.51. The van der Waals surface area contributed by atoms with Gasteiger partial charge in [-0.15, -0.1) is 0 Å². The average Bonchev–Trinajstić information content (AvgIpc) is 3.48. The lowest BCUT2D eigenvalue weighted by Crippen LogP contribution is -2.69. The highest BCUT2D eigenvalue weighted by atomic mass is 16.5. The molecule has 1 saturated carbocycles. The van der Waals surface area contributed by atoms with Crippen molar-refractivity contribution in [2.24, 2.45) is 5.92 Å². The highest BCUT2D eigenvalue weighted by Crippen LogP contribution is 2.41. The molecule has 0 bridgehead atoms. The molecule has 0 spiro atoms. The third kappa shape index (κ3) is 4.22. The average molecular weight is 372 g/mol. The van der Waals surface area contributed by atoms with Gasteiger partial charge in [-0.3, -0.25) is 9.59 Å². The number of hydrogen-bond acceptors (Lipinski definition) is 4. The van der Waals surface area contributed by atoms with Crippen LogP contribution in [0.2, 0.25) is 0 Å². The normalized spacial score (nSPS) is 24.7. The van der Waals surface area contributed by atoms with Crippen LogP contribution in [0.1, 0.15) is 36.8 Å². The first-order valence-electron chi connectivity index (χ1n) is 9.52. The minimum absolute atomic E-state index is 0.0186. The number of methoxy groups -OCH3 is 1. The van der Waals surface area contributed by atoms with E-state index in [2.05, 4.69) is 5.32 Å². The maximum atomic E-state index is 12.5. The summed E-state index contributed by atoms with van der Waals surface area (Å²) in [6, 6.07) is 7.66. The summed E-state index contributed by atoms with van der Waals surface area (Å²) < 4.78 is 4.99. The highest BCUT2D eigenvalue weighted by molar-refractivity contribution is 5.82. The van der Waals surface area contributed by atoms with E-state index in [1.54, 1.807) is 4.90 Å². The van der Waals surface area contributed by atoms with Gasteiger partial charge in [0, 0.05) is 25.5 Å². The molecule has 3 atom stereocenters. The molecule has 1 aromatic carbocycles. The molecule has 27 heavy (non-hydrogen) atoms. The quantitative estimate of drug-likeness (QED) is 0.726. The Bertz CT molecular complexity index is 697. The molecule has 1 aliphatic carbocycles. The van der Waals surface area contributed by atoms with Crippen LogP contribution in [-0.2, 0) is 14.3 Å². The molecule has 0 aromatic heterocycles. The lowest BCUT2D eigenvalue weighted by Gasteiger charge is -2.55. The molecule has 1 saturated heterocycles. The Labute approximate surface area is 160 Å². The summed E-state index contributed by atoms with van der Waals surface area (Å²) in [5.41, 5.74) is 2.17. The van der Waals surface area contributed by atoms with Crippen molar-refractivity contribution in [1.82, 2.24) is 10.2 Å². The topological polar surface area (TPSA) is 78.9 Å². The molecular weight excluding hydrogens is 344 g/mol. The predicted molar refractivity (Wildman–Crippen MR) is 103 cm³/mol. The van der Waals surface area contributed by atoms with Gasteiger partial charge in [0.2, 0.25) is 11.8 Å². The largest absolute Gasteiger partial charge is 0.394 e. The van der Waals surface area contributed by atoms with Crippen molar-refractivity contribution in [3.05, 3.63) is 41.5 Å². The van der Waals surface area contributed by atoms with E-state index in [1.807, 2.05) is 43.3 Å². The van der Waals surface area contributed by atoms with Crippen molar-refractivity contribution in [1.29, 1.82) is 0 Å². The van der Waals surface area contributed by atoms with Gasteiger partial charge in [0.1, 0.15) is 6.61 Å². The fraction of sp³-hybridized carbons (Fsp3) is 0.524. The summed E-state index contributed by atoms with van der Waals surface area (Å²) in [6.45, 7) is 2.21. The van der Waals surface area contributed by atoms with E-state index in [0.717, 1.165) is 24.0 Å². The standard InChI is InChI=1S/C21H28N2O4/c1-3-4-14-5-7-15(8-6-14)20-17(11-22-21(26)16-9-10-16)23(18(20)12-24)19(25)13-27-2/h3-8,16-18,20,24H,9-13H2,1-2H3,(H,22,26)/b4-3+/t17-,18+,20+/m0/s1. The Morgan fingerprint density at radius 3 is 2.52 bits per heavy atom. The molecule has 3 rings (SSSR count). The zero-order chi connectivity index (χ0) is 19.4. The van der Waals surface area contributed by atoms with Gasteiger partial charge in [0.05, 0.1) is 18.7 Å². The summed E-state index contributed by atoms with van der Waals surface area (Å²) in [5, 5.41) is 12.9. The maximum Gasteiger partial charge on any atom is 0.249 e. The zero-order valence-corrected chi connectivity index (χ0v) is 15.9. The van der Waals surface area contributed by atoms with Crippen LogP contribution in [0.5, 0.6) is 0 Å². The number of hydrogen-bond donors (Lipinski definition) is 2. The Balaban J connectivity index is 1.78. The third-order valence-electron chi connectivity index (χ3n) is 5.40. The second-order valence-electron chi connectivity index (χ2n) is 7.26. The lowest BCUT2D eigenvalue weighted by molar-refractivity contribution is -0.155. The van der Waals surface area contributed by atoms with Gasteiger partial charge in [0.25, 0.3) is 0 Å². The van der Waals surface area contributed by atoms with E-state index in [0.29, 0.717) is 6.54 Å². The number of aliphatic hydroxyl groups is 1. The molecule has 6 heteroatoms. The fourth-order valence-electron chi connectivity index (χ4n) is 3.90. The number of nitrogens with one attached hydrogen (secondary N) is 1. The van der Waals surface area contributed by atoms with Crippen LogP contribution in [0, 0.1) is 5.92 Å². The zero-order valence-electron chi connectivity index (χ0n) is 15.9. The van der Waals surface area contributed by atoms with Crippen molar-refractivity contribution >= 4 is 17.9 Å². The van der Waals surface area contributed by atoms with Crippen LogP contribution >= 0.6 is 0 Å². The van der Waals surface area contributed by atoms with Gasteiger partial charge < -0.3 is 20.1 Å². The number of likely N-dealkylation sites (tertiary alicyclic amines) is 1. The molecule has 1 heterocycles. The molecule has 2 N–H and O–H groups in total. The van der Waals surface area contributed by atoms with E-state index in [9.17, 15) is 14.7 Å². The van der Waals surface area contributed by atoms with Crippen LogP contribution in [0.4, 0.5) is 0 Å². The summed E-state index contributed by atoms with van der Waals surface area (Å²) in [7, 11) is 1.48. The number of rotatable bonds is 8. The number of aliphatic hydroxyl groups excluding tert-OH is 1. The van der Waals surface area contributed by atoms with Crippen molar-refractivity contribution in [2.45, 2.75) is 37.8 Å². The second-order valence-corrected chi connectivity index (χ2v) is 7.26. The van der Waals surface area contributed by atoms with Gasteiger partial charge in [-0.2, -0.15) is 0 Å². The van der Waals surface area contributed by atoms with Gasteiger partial charge in [-0.25, -0.2) is 0 Å². The fourth-order valence-corrected chi connectivity index (χ4v) is 3.90. The SMILES string of the molecule is C/C=C/c1ccc([C@H]2[C@@H](CO)N(C(=O)COC)[C@H]2CNC(=O)C2CC2)cc1. The smallest absolute Gasteiger partial charge is 0.249 e. The second kappa shape index (κ2) is 8.67. The van der Waals surface area contributed by atoms with Crippen LogP contribution in [0.3, 0.4) is 0 Å². The van der Waals surface area contributed by atoms with Crippen LogP contribution in [-0.4, -0.2) is 60.8 Å². The molecule has 6 nitrogen and oxygen atoms in total. The van der Waals surface area contributed by atoms with Crippen molar-refractivity contribution < 1.29 is 19.4 Å². The number of nitrogens with zero attached hydrogens (tertiary/aromatic N) is 1. The molecule has 2 fully saturated rings. The van der Waals surface area contributed by atoms with Crippen LogP contribution in [0.15, 0.2) is 30.3 Å². The van der Waals surface area contributed by atoms with Gasteiger partial charge >= 0.3 is 0 Å². The van der Waals surface area contributed by atoms with Crippen LogP contribution in [0.25, 0.3) is 6.08 Å². The number of allylic oxidation sites excluding steroid dienone is 1. The summed E-state index contributed by atoms with van der Waals surface area (Å²) >= 11 is 0. The minimum Gasteiger partial charge on any atom is -0.394 e. The molecular formula is C21H28N2O4. The Kier molecular flexibility index (Phi) is 6.29. The van der Waals surface area contributed by atoms with Gasteiger partial charge in [0.15, 0.2) is 0 Å². The van der Waals surface area contributed by atoms with Gasteiger partial charge in [-0.1, -0.05) is 36.4 Å². The molecule has 2 aliphatic rings. The summed E-state index contributed by atoms with van der Waals surface area (Å²) in [5.74, 6) is 0.00292. The number of ether oxygens (including phenoxy) is 1. The van der Waals surface area contributed by atoms with E-state index < -0.39 is 0 Å². The summed E-state index contributed by atoms with van der Waals surface area (Å²) in [6.07, 6.45) is 5.89. The van der Waals surface area contributed by atoms with Crippen molar-refractivity contribution in [2.75, 3.05) is 26.9 Å². The predicted octanol–water partition coefficient (Wildman–Crippen LogP) is 1.55. The monoisotopic (exact) mass is 372 g/mol. The van der Waals surface area contributed by atoms with Crippen molar-refractivity contribution in [3.63, 3.8) is 0 Å². The maximum absolute atomic E-state index is 12.5. The minimum atomic E-state index is -0.303. The summed E-state index contributed by atoms with van der Waals surface area (Å²) in [4.78, 5) is 26.2. The van der Waals surface area contributed by atoms with E-state index in [4.69, 9.17) is 4.74 Å². The number of carbonyl (C=O) groups is 2. The molecule has 1 aromatic rings. The third-order valence-corrected chi connectivity index (χ3v) is 5.40. The Morgan fingerprint density at radius 2 is 1.96 bits per heavy atom. The molecule has 2 amide bonds. The molecule has 0 radical (unpaired) electrons. The number of amides is 2. The first kappa shape index (κ1) is 19.6. The first-order chi connectivity index (χ1) is 13.1. The van der Waals surface area contributed by atoms with E-state index in [1.165, 1.54) is 7.11 Å².